The second-order valence-corrected chi connectivity index (χ2v) is 6.14. The zero-order chi connectivity index (χ0) is 16.9. The molecule has 1 aliphatic heterocycles. The average Bonchev–Trinajstić information content (AvgIpc) is 2.95. The van der Waals surface area contributed by atoms with Crippen LogP contribution in [0.15, 0.2) is 59.8 Å². The minimum Gasteiger partial charge on any atom is -0.321 e. The quantitative estimate of drug-likeness (QED) is 0.675. The number of nitrogens with zero attached hydrogens (tertiary/aromatic N) is 2. The molecule has 0 aliphatic carbocycles. The second kappa shape index (κ2) is 7.16. The van der Waals surface area contributed by atoms with Crippen LogP contribution in [-0.4, -0.2) is 17.1 Å². The number of allylic oxidation sites excluding steroid dienone is 3. The standard InChI is InChI=1S/C19H15N3OS/c1-24-14(6-9-20)12-16(13-7-10-21-11-8-13)18-15-4-2-3-5-17(15)22-19(18)23/h2-8,10-11H,12H2,1H3,(H,22,23)/b14-6-,18-16+. The van der Waals surface area contributed by atoms with Crippen molar-refractivity contribution < 1.29 is 4.79 Å². The third-order valence-corrected chi connectivity index (χ3v) is 4.63. The first-order valence-corrected chi connectivity index (χ1v) is 8.64. The van der Waals surface area contributed by atoms with Crippen LogP contribution in [-0.2, 0) is 4.79 Å². The van der Waals surface area contributed by atoms with Gasteiger partial charge in [0.25, 0.3) is 5.91 Å². The highest BCUT2D eigenvalue weighted by Crippen LogP contribution is 2.40. The Bertz CT molecular complexity index is 879. The van der Waals surface area contributed by atoms with Gasteiger partial charge in [-0.3, -0.25) is 9.78 Å². The van der Waals surface area contributed by atoms with Crippen LogP contribution in [0.3, 0.4) is 0 Å². The van der Waals surface area contributed by atoms with E-state index in [1.165, 1.54) is 17.8 Å². The van der Waals surface area contributed by atoms with Crippen LogP contribution in [0.4, 0.5) is 5.69 Å². The molecule has 0 saturated carbocycles. The molecule has 1 aromatic heterocycles. The molecule has 1 aliphatic rings. The van der Waals surface area contributed by atoms with Gasteiger partial charge in [0.05, 0.1) is 11.6 Å². The van der Waals surface area contributed by atoms with Crippen LogP contribution in [0.5, 0.6) is 0 Å². The topological polar surface area (TPSA) is 65.8 Å². The highest BCUT2D eigenvalue weighted by atomic mass is 32.2. The highest BCUT2D eigenvalue weighted by Gasteiger charge is 2.27. The number of hydrogen-bond donors (Lipinski definition) is 1. The third kappa shape index (κ3) is 3.10. The lowest BCUT2D eigenvalue weighted by molar-refractivity contribution is -0.110. The molecule has 2 aromatic rings. The van der Waals surface area contributed by atoms with Gasteiger partial charge in [-0.05, 0) is 40.5 Å². The number of nitrogens with one attached hydrogen (secondary N) is 1. The van der Waals surface area contributed by atoms with Crippen molar-refractivity contribution in [3.63, 3.8) is 0 Å². The van der Waals surface area contributed by atoms with Crippen molar-refractivity contribution in [3.05, 3.63) is 70.9 Å². The van der Waals surface area contributed by atoms with Gasteiger partial charge in [0.1, 0.15) is 0 Å². The van der Waals surface area contributed by atoms with Gasteiger partial charge in [0, 0.05) is 36.1 Å². The predicted octanol–water partition coefficient (Wildman–Crippen LogP) is 4.11. The molecule has 0 radical (unpaired) electrons. The number of benzene rings is 1. The van der Waals surface area contributed by atoms with E-state index in [2.05, 4.69) is 16.4 Å². The van der Waals surface area contributed by atoms with E-state index in [4.69, 9.17) is 5.26 Å². The molecule has 0 saturated heterocycles. The van der Waals surface area contributed by atoms with Crippen LogP contribution in [0.1, 0.15) is 17.5 Å². The summed E-state index contributed by atoms with van der Waals surface area (Å²) >= 11 is 1.52. The summed E-state index contributed by atoms with van der Waals surface area (Å²) < 4.78 is 0. The molecule has 4 nitrogen and oxygen atoms in total. The summed E-state index contributed by atoms with van der Waals surface area (Å²) in [5.41, 5.74) is 4.21. The number of fused-ring (bicyclic) bond motifs is 1. The Morgan fingerprint density at radius 2 is 2.04 bits per heavy atom. The lowest BCUT2D eigenvalue weighted by atomic mass is 9.93. The largest absolute Gasteiger partial charge is 0.321 e. The number of hydrogen-bond acceptors (Lipinski definition) is 4. The molecule has 2 heterocycles. The molecule has 24 heavy (non-hydrogen) atoms. The summed E-state index contributed by atoms with van der Waals surface area (Å²) in [6.45, 7) is 0. The monoisotopic (exact) mass is 333 g/mol. The minimum atomic E-state index is -0.111. The van der Waals surface area contributed by atoms with E-state index in [-0.39, 0.29) is 5.91 Å². The predicted molar refractivity (Wildman–Crippen MR) is 98.0 cm³/mol. The molecule has 1 N–H and O–H groups in total. The Morgan fingerprint density at radius 1 is 1.29 bits per heavy atom. The summed E-state index contributed by atoms with van der Waals surface area (Å²) in [5, 5.41) is 11.9. The van der Waals surface area contributed by atoms with E-state index in [0.717, 1.165) is 27.3 Å². The fraction of sp³-hybridized carbons (Fsp3) is 0.105. The van der Waals surface area contributed by atoms with Gasteiger partial charge < -0.3 is 5.32 Å². The molecule has 118 valence electrons. The molecule has 0 fully saturated rings. The van der Waals surface area contributed by atoms with E-state index in [9.17, 15) is 4.79 Å². The summed E-state index contributed by atoms with van der Waals surface area (Å²) in [5.74, 6) is -0.111. The molecule has 0 unspecified atom stereocenters. The van der Waals surface area contributed by atoms with Crippen LogP contribution < -0.4 is 5.32 Å². The van der Waals surface area contributed by atoms with E-state index in [0.29, 0.717) is 12.0 Å². The maximum atomic E-state index is 12.6. The Kier molecular flexibility index (Phi) is 4.78. The van der Waals surface area contributed by atoms with E-state index >= 15 is 0 Å². The smallest absolute Gasteiger partial charge is 0.256 e. The van der Waals surface area contributed by atoms with Crippen molar-refractivity contribution in [3.8, 4) is 6.07 Å². The van der Waals surface area contributed by atoms with Crippen LogP contribution in [0.2, 0.25) is 0 Å². The molecule has 1 aromatic carbocycles. The SMILES string of the molecule is CS/C(=C\C#N)C/C(=C1\C(=O)Nc2ccccc21)c1ccncc1. The fourth-order valence-corrected chi connectivity index (χ4v) is 3.19. The van der Waals surface area contributed by atoms with Crippen LogP contribution in [0.25, 0.3) is 11.1 Å². The molecule has 1 amide bonds. The van der Waals surface area contributed by atoms with Gasteiger partial charge in [-0.2, -0.15) is 5.26 Å². The van der Waals surface area contributed by atoms with Gasteiger partial charge in [-0.25, -0.2) is 0 Å². The zero-order valence-corrected chi connectivity index (χ0v) is 13.9. The number of para-hydroxylation sites is 1. The lowest BCUT2D eigenvalue weighted by Crippen LogP contribution is -2.06. The third-order valence-electron chi connectivity index (χ3n) is 3.84. The number of thioether (sulfide) groups is 1. The number of anilines is 1. The number of rotatable bonds is 4. The molecule has 0 atom stereocenters. The van der Waals surface area contributed by atoms with Gasteiger partial charge in [0.15, 0.2) is 0 Å². The molecule has 0 bridgehead atoms. The number of nitriles is 1. The molecule has 5 heteroatoms. The number of carbonyl (C=O) groups excluding carboxylic acids is 1. The van der Waals surface area contributed by atoms with Crippen molar-refractivity contribution in [2.75, 3.05) is 11.6 Å². The van der Waals surface area contributed by atoms with E-state index in [1.54, 1.807) is 12.4 Å². The second-order valence-electron chi connectivity index (χ2n) is 5.21. The number of amides is 1. The first kappa shape index (κ1) is 16.0. The summed E-state index contributed by atoms with van der Waals surface area (Å²) in [4.78, 5) is 17.6. The van der Waals surface area contributed by atoms with Crippen molar-refractivity contribution in [2.45, 2.75) is 6.42 Å². The fourth-order valence-electron chi connectivity index (χ4n) is 2.73. The number of aromatic nitrogens is 1. The van der Waals surface area contributed by atoms with Gasteiger partial charge in [-0.15, -0.1) is 11.8 Å². The van der Waals surface area contributed by atoms with Crippen molar-refractivity contribution in [1.82, 2.24) is 4.98 Å². The lowest BCUT2D eigenvalue weighted by Gasteiger charge is -2.12. The molecule has 0 spiro atoms. The maximum absolute atomic E-state index is 12.6. The van der Waals surface area contributed by atoms with E-state index < -0.39 is 0 Å². The highest BCUT2D eigenvalue weighted by molar-refractivity contribution is 8.02. The molecular weight excluding hydrogens is 318 g/mol. The summed E-state index contributed by atoms with van der Waals surface area (Å²) in [6, 6.07) is 13.5. The Hall–Kier alpha value is -2.84. The Labute approximate surface area is 144 Å². The molecule has 3 rings (SSSR count). The first-order valence-electron chi connectivity index (χ1n) is 7.41. The Balaban J connectivity index is 2.20. The van der Waals surface area contributed by atoms with Crippen LogP contribution in [0, 0.1) is 11.3 Å². The Morgan fingerprint density at radius 3 is 2.75 bits per heavy atom. The first-order chi connectivity index (χ1) is 11.7. The summed E-state index contributed by atoms with van der Waals surface area (Å²) in [6.07, 6.45) is 7.41. The van der Waals surface area contributed by atoms with E-state index in [1.807, 2.05) is 42.7 Å². The minimum absolute atomic E-state index is 0.111. The summed E-state index contributed by atoms with van der Waals surface area (Å²) in [7, 11) is 0. The number of carbonyl (C=O) groups is 1. The normalized spacial score (nSPS) is 15.5. The average molecular weight is 333 g/mol. The van der Waals surface area contributed by atoms with Gasteiger partial charge in [0.2, 0.25) is 0 Å². The maximum Gasteiger partial charge on any atom is 0.256 e. The van der Waals surface area contributed by atoms with Gasteiger partial charge >= 0.3 is 0 Å². The van der Waals surface area contributed by atoms with Gasteiger partial charge in [-0.1, -0.05) is 18.2 Å². The van der Waals surface area contributed by atoms with Crippen LogP contribution >= 0.6 is 11.8 Å². The van der Waals surface area contributed by atoms with Crippen molar-refractivity contribution in [2.24, 2.45) is 0 Å². The molecular formula is C19H15N3OS. The van der Waals surface area contributed by atoms with Crippen molar-refractivity contribution in [1.29, 1.82) is 5.26 Å². The zero-order valence-electron chi connectivity index (χ0n) is 13.1. The number of pyridine rings is 1. The van der Waals surface area contributed by atoms with Crippen molar-refractivity contribution >= 4 is 34.5 Å².